The molecule has 0 radical (unpaired) electrons. The molecule has 0 aliphatic rings. The summed E-state index contributed by atoms with van der Waals surface area (Å²) in [6.45, 7) is 0. The fourth-order valence-corrected chi connectivity index (χ4v) is 2.12. The van der Waals surface area contributed by atoms with Crippen molar-refractivity contribution in [2.75, 3.05) is 5.32 Å². The van der Waals surface area contributed by atoms with Crippen molar-refractivity contribution in [3.8, 4) is 0 Å². The number of thiocarbonyl (C=S) groups is 1. The third-order valence-corrected chi connectivity index (χ3v) is 3.12. The van der Waals surface area contributed by atoms with Crippen molar-refractivity contribution in [3.63, 3.8) is 0 Å². The molecule has 2 heterocycles. The first-order chi connectivity index (χ1) is 8.09. The molecule has 0 aromatic carbocycles. The SMILES string of the molecule is Cn1ncc(C(N)=S)c1NC(=O)c1ccsc1. The summed E-state index contributed by atoms with van der Waals surface area (Å²) in [4.78, 5) is 12.1. The van der Waals surface area contributed by atoms with E-state index in [0.717, 1.165) is 0 Å². The standard InChI is InChI=1S/C10H10N4OS2/c1-14-9(7(4-12-14)8(11)16)13-10(15)6-2-3-17-5-6/h2-5H,1H3,(H2,11,16)(H,13,15). The summed E-state index contributed by atoms with van der Waals surface area (Å²) in [5, 5.41) is 10.4. The molecule has 88 valence electrons. The summed E-state index contributed by atoms with van der Waals surface area (Å²) in [6.07, 6.45) is 1.53. The van der Waals surface area contributed by atoms with Gasteiger partial charge in [-0.25, -0.2) is 0 Å². The van der Waals surface area contributed by atoms with Gasteiger partial charge >= 0.3 is 0 Å². The second-order valence-corrected chi connectivity index (χ2v) is 4.58. The van der Waals surface area contributed by atoms with E-state index in [-0.39, 0.29) is 10.9 Å². The lowest BCUT2D eigenvalue weighted by atomic mass is 10.3. The summed E-state index contributed by atoms with van der Waals surface area (Å²) in [5.41, 5.74) is 6.71. The Morgan fingerprint density at radius 2 is 2.41 bits per heavy atom. The van der Waals surface area contributed by atoms with Crippen LogP contribution in [0.4, 0.5) is 5.82 Å². The van der Waals surface area contributed by atoms with E-state index in [1.165, 1.54) is 22.2 Å². The molecule has 2 aromatic rings. The monoisotopic (exact) mass is 266 g/mol. The van der Waals surface area contributed by atoms with Gasteiger partial charge in [0.15, 0.2) is 0 Å². The molecule has 0 atom stereocenters. The molecule has 17 heavy (non-hydrogen) atoms. The number of aryl methyl sites for hydroxylation is 1. The van der Waals surface area contributed by atoms with Crippen molar-refractivity contribution >= 4 is 40.3 Å². The van der Waals surface area contributed by atoms with Gasteiger partial charge in [-0.3, -0.25) is 9.48 Å². The highest BCUT2D eigenvalue weighted by Crippen LogP contribution is 2.16. The predicted molar refractivity (Wildman–Crippen MR) is 71.4 cm³/mol. The lowest BCUT2D eigenvalue weighted by molar-refractivity contribution is 0.102. The molecule has 1 amide bonds. The average Bonchev–Trinajstić information content (AvgIpc) is 2.89. The number of nitrogens with zero attached hydrogens (tertiary/aromatic N) is 2. The number of hydrogen-bond acceptors (Lipinski definition) is 4. The number of carbonyl (C=O) groups excluding carboxylic acids is 1. The summed E-state index contributed by atoms with van der Waals surface area (Å²) in [7, 11) is 1.71. The summed E-state index contributed by atoms with van der Waals surface area (Å²) >= 11 is 6.35. The maximum absolute atomic E-state index is 11.9. The number of anilines is 1. The number of hydrogen-bond donors (Lipinski definition) is 2. The van der Waals surface area contributed by atoms with Gasteiger partial charge in [-0.05, 0) is 11.4 Å². The normalized spacial score (nSPS) is 10.2. The summed E-state index contributed by atoms with van der Waals surface area (Å²) in [5.74, 6) is 0.307. The highest BCUT2D eigenvalue weighted by atomic mass is 32.1. The Kier molecular flexibility index (Phi) is 3.21. The Balaban J connectivity index is 2.27. The third kappa shape index (κ3) is 2.34. The maximum Gasteiger partial charge on any atom is 0.257 e. The number of rotatable bonds is 3. The summed E-state index contributed by atoms with van der Waals surface area (Å²) < 4.78 is 1.53. The van der Waals surface area contributed by atoms with Crippen molar-refractivity contribution in [2.24, 2.45) is 12.8 Å². The average molecular weight is 266 g/mol. The maximum atomic E-state index is 11.9. The van der Waals surface area contributed by atoms with Crippen LogP contribution in [0.3, 0.4) is 0 Å². The minimum Gasteiger partial charge on any atom is -0.389 e. The number of nitrogens with one attached hydrogen (secondary N) is 1. The van der Waals surface area contributed by atoms with Crippen LogP contribution in [-0.4, -0.2) is 20.7 Å². The minimum absolute atomic E-state index is 0.202. The van der Waals surface area contributed by atoms with E-state index < -0.39 is 0 Å². The topological polar surface area (TPSA) is 72.9 Å². The zero-order chi connectivity index (χ0) is 12.4. The molecule has 0 saturated heterocycles. The number of nitrogens with two attached hydrogens (primary N) is 1. The van der Waals surface area contributed by atoms with Crippen LogP contribution >= 0.6 is 23.6 Å². The molecule has 3 N–H and O–H groups in total. The number of thiophene rings is 1. The van der Waals surface area contributed by atoms with Crippen LogP contribution in [0.15, 0.2) is 23.0 Å². The van der Waals surface area contributed by atoms with E-state index in [9.17, 15) is 4.79 Å². The highest BCUT2D eigenvalue weighted by molar-refractivity contribution is 7.80. The Hall–Kier alpha value is -1.73. The van der Waals surface area contributed by atoms with Gasteiger partial charge < -0.3 is 11.1 Å². The first-order valence-corrected chi connectivity index (χ1v) is 6.10. The van der Waals surface area contributed by atoms with Crippen molar-refractivity contribution in [1.29, 1.82) is 0 Å². The molecule has 0 spiro atoms. The van der Waals surface area contributed by atoms with Crippen LogP contribution in [0.2, 0.25) is 0 Å². The highest BCUT2D eigenvalue weighted by Gasteiger charge is 2.14. The zero-order valence-corrected chi connectivity index (χ0v) is 10.6. The summed E-state index contributed by atoms with van der Waals surface area (Å²) in [6, 6.07) is 1.75. The van der Waals surface area contributed by atoms with Gasteiger partial charge in [0.2, 0.25) is 0 Å². The Morgan fingerprint density at radius 3 is 3.00 bits per heavy atom. The zero-order valence-electron chi connectivity index (χ0n) is 9.01. The van der Waals surface area contributed by atoms with Crippen molar-refractivity contribution < 1.29 is 4.79 Å². The molecular formula is C10H10N4OS2. The van der Waals surface area contributed by atoms with E-state index in [2.05, 4.69) is 10.4 Å². The fourth-order valence-electron chi connectivity index (χ4n) is 1.34. The largest absolute Gasteiger partial charge is 0.389 e. The van der Waals surface area contributed by atoms with Crippen LogP contribution in [0, 0.1) is 0 Å². The third-order valence-electron chi connectivity index (χ3n) is 2.22. The Bertz CT molecular complexity index is 559. The predicted octanol–water partition coefficient (Wildman–Crippen LogP) is 1.37. The Morgan fingerprint density at radius 1 is 1.65 bits per heavy atom. The molecule has 2 aromatic heterocycles. The molecule has 0 saturated carbocycles. The first-order valence-electron chi connectivity index (χ1n) is 4.75. The molecule has 7 heteroatoms. The van der Waals surface area contributed by atoms with E-state index in [4.69, 9.17) is 18.0 Å². The molecule has 0 bridgehead atoms. The second kappa shape index (κ2) is 4.64. The molecule has 0 fully saturated rings. The van der Waals surface area contributed by atoms with E-state index >= 15 is 0 Å². The molecular weight excluding hydrogens is 256 g/mol. The minimum atomic E-state index is -0.202. The van der Waals surface area contributed by atoms with Gasteiger partial charge in [-0.1, -0.05) is 12.2 Å². The van der Waals surface area contributed by atoms with Gasteiger partial charge in [0.1, 0.15) is 10.8 Å². The lowest BCUT2D eigenvalue weighted by Gasteiger charge is -2.06. The number of amides is 1. The lowest BCUT2D eigenvalue weighted by Crippen LogP contribution is -2.18. The van der Waals surface area contributed by atoms with Crippen molar-refractivity contribution in [2.45, 2.75) is 0 Å². The van der Waals surface area contributed by atoms with Gasteiger partial charge in [0, 0.05) is 12.4 Å². The van der Waals surface area contributed by atoms with E-state index in [1.807, 2.05) is 5.38 Å². The van der Waals surface area contributed by atoms with Gasteiger partial charge in [0.25, 0.3) is 5.91 Å². The fraction of sp³-hybridized carbons (Fsp3) is 0.100. The van der Waals surface area contributed by atoms with Gasteiger partial charge in [-0.15, -0.1) is 0 Å². The molecule has 2 rings (SSSR count). The smallest absolute Gasteiger partial charge is 0.257 e. The Labute approximate surface area is 107 Å². The van der Waals surface area contributed by atoms with Crippen LogP contribution in [0.5, 0.6) is 0 Å². The number of aromatic nitrogens is 2. The first kappa shape index (κ1) is 11.7. The molecule has 0 unspecified atom stereocenters. The molecule has 0 aliphatic heterocycles. The van der Waals surface area contributed by atoms with E-state index in [1.54, 1.807) is 18.5 Å². The molecule has 5 nitrogen and oxygen atoms in total. The van der Waals surface area contributed by atoms with Gasteiger partial charge in [0.05, 0.1) is 17.3 Å². The van der Waals surface area contributed by atoms with E-state index in [0.29, 0.717) is 16.9 Å². The second-order valence-electron chi connectivity index (χ2n) is 3.36. The van der Waals surface area contributed by atoms with Crippen molar-refractivity contribution in [3.05, 3.63) is 34.2 Å². The van der Waals surface area contributed by atoms with Gasteiger partial charge in [-0.2, -0.15) is 16.4 Å². The molecule has 0 aliphatic carbocycles. The van der Waals surface area contributed by atoms with Crippen LogP contribution in [-0.2, 0) is 7.05 Å². The van der Waals surface area contributed by atoms with Crippen LogP contribution in [0.1, 0.15) is 15.9 Å². The van der Waals surface area contributed by atoms with Crippen molar-refractivity contribution in [1.82, 2.24) is 9.78 Å². The van der Waals surface area contributed by atoms with Crippen LogP contribution < -0.4 is 11.1 Å². The number of carbonyl (C=O) groups is 1. The quantitative estimate of drug-likeness (QED) is 0.823. The van der Waals surface area contributed by atoms with Crippen LogP contribution in [0.25, 0.3) is 0 Å².